The third-order valence-electron chi connectivity index (χ3n) is 3.83. The van der Waals surface area contributed by atoms with E-state index in [4.69, 9.17) is 0 Å². The largest absolute Gasteiger partial charge is 0.370 e. The van der Waals surface area contributed by atoms with Crippen LogP contribution in [-0.4, -0.2) is 22.1 Å². The molecule has 0 atom stereocenters. The zero-order valence-corrected chi connectivity index (χ0v) is 11.7. The fourth-order valence-corrected chi connectivity index (χ4v) is 2.43. The first-order chi connectivity index (χ1) is 8.71. The molecule has 2 rings (SSSR count). The lowest BCUT2D eigenvalue weighted by molar-refractivity contribution is 0.268. The molecule has 0 spiro atoms. The third kappa shape index (κ3) is 2.74. The number of nitrogens with one attached hydrogen (secondary N) is 2. The highest BCUT2D eigenvalue weighted by atomic mass is 15.1. The van der Waals surface area contributed by atoms with E-state index in [9.17, 15) is 0 Å². The molecule has 1 aliphatic rings. The summed E-state index contributed by atoms with van der Waals surface area (Å²) >= 11 is 0. The highest BCUT2D eigenvalue weighted by Gasteiger charge is 2.35. The van der Waals surface area contributed by atoms with Gasteiger partial charge in [0.1, 0.15) is 17.5 Å². The molecular formula is C14H24N4. The van der Waals surface area contributed by atoms with Crippen LogP contribution in [0, 0.1) is 0 Å². The van der Waals surface area contributed by atoms with Gasteiger partial charge in [0, 0.05) is 24.6 Å². The Hall–Kier alpha value is -1.32. The van der Waals surface area contributed by atoms with Crippen molar-refractivity contribution in [2.24, 2.45) is 0 Å². The van der Waals surface area contributed by atoms with E-state index in [-0.39, 0.29) is 5.54 Å². The smallest absolute Gasteiger partial charge is 0.132 e. The monoisotopic (exact) mass is 248 g/mol. The maximum atomic E-state index is 4.59. The van der Waals surface area contributed by atoms with Crippen LogP contribution in [0.15, 0.2) is 6.07 Å². The van der Waals surface area contributed by atoms with Crippen LogP contribution in [0.25, 0.3) is 0 Å². The Kier molecular flexibility index (Phi) is 4.04. The fourth-order valence-electron chi connectivity index (χ4n) is 2.43. The molecule has 2 N–H and O–H groups in total. The van der Waals surface area contributed by atoms with Crippen LogP contribution in [-0.2, 0) is 6.42 Å². The summed E-state index contributed by atoms with van der Waals surface area (Å²) < 4.78 is 0. The van der Waals surface area contributed by atoms with Crippen molar-refractivity contribution in [1.82, 2.24) is 9.97 Å². The molecule has 4 heteroatoms. The molecule has 0 aromatic carbocycles. The molecule has 1 saturated carbocycles. The normalized spacial score (nSPS) is 17.1. The summed E-state index contributed by atoms with van der Waals surface area (Å²) in [6, 6.07) is 2.03. The molecular weight excluding hydrogens is 224 g/mol. The van der Waals surface area contributed by atoms with Crippen LogP contribution in [0.4, 0.5) is 11.6 Å². The Balaban J connectivity index is 2.18. The molecule has 0 unspecified atom stereocenters. The minimum absolute atomic E-state index is 0.281. The van der Waals surface area contributed by atoms with Gasteiger partial charge in [-0.3, -0.25) is 0 Å². The first kappa shape index (κ1) is 13.1. The average molecular weight is 248 g/mol. The SMILES string of the molecule is CCNc1cc(NC2(CC)CCC2)nc(CC)n1. The third-order valence-corrected chi connectivity index (χ3v) is 3.83. The van der Waals surface area contributed by atoms with Crippen molar-refractivity contribution in [3.8, 4) is 0 Å². The lowest BCUT2D eigenvalue weighted by Gasteiger charge is -2.42. The lowest BCUT2D eigenvalue weighted by atomic mass is 9.75. The van der Waals surface area contributed by atoms with Crippen molar-refractivity contribution in [2.75, 3.05) is 17.2 Å². The molecule has 0 radical (unpaired) electrons. The molecule has 0 aliphatic heterocycles. The van der Waals surface area contributed by atoms with Crippen molar-refractivity contribution in [3.05, 3.63) is 11.9 Å². The molecule has 0 saturated heterocycles. The number of aromatic nitrogens is 2. The van der Waals surface area contributed by atoms with Gasteiger partial charge in [0.05, 0.1) is 0 Å². The molecule has 100 valence electrons. The first-order valence-corrected chi connectivity index (χ1v) is 7.11. The maximum Gasteiger partial charge on any atom is 0.132 e. The van der Waals surface area contributed by atoms with Gasteiger partial charge in [-0.1, -0.05) is 13.8 Å². The van der Waals surface area contributed by atoms with E-state index in [2.05, 4.69) is 41.4 Å². The molecule has 1 aromatic heterocycles. The number of hydrogen-bond donors (Lipinski definition) is 2. The van der Waals surface area contributed by atoms with Crippen molar-refractivity contribution >= 4 is 11.6 Å². The summed E-state index contributed by atoms with van der Waals surface area (Å²) in [4.78, 5) is 9.07. The minimum Gasteiger partial charge on any atom is -0.370 e. The van der Waals surface area contributed by atoms with E-state index in [0.29, 0.717) is 0 Å². The van der Waals surface area contributed by atoms with E-state index in [0.717, 1.165) is 36.8 Å². The van der Waals surface area contributed by atoms with Gasteiger partial charge in [0.15, 0.2) is 0 Å². The Morgan fingerprint density at radius 2 is 1.89 bits per heavy atom. The number of anilines is 2. The molecule has 0 amide bonds. The molecule has 4 nitrogen and oxygen atoms in total. The molecule has 1 fully saturated rings. The summed E-state index contributed by atoms with van der Waals surface area (Å²) in [5, 5.41) is 6.90. The summed E-state index contributed by atoms with van der Waals surface area (Å²) in [6.45, 7) is 7.31. The summed E-state index contributed by atoms with van der Waals surface area (Å²) in [5.41, 5.74) is 0.281. The summed E-state index contributed by atoms with van der Waals surface area (Å²) in [7, 11) is 0. The lowest BCUT2D eigenvalue weighted by Crippen LogP contribution is -2.44. The van der Waals surface area contributed by atoms with Crippen molar-refractivity contribution < 1.29 is 0 Å². The van der Waals surface area contributed by atoms with Crippen LogP contribution in [0.3, 0.4) is 0 Å². The van der Waals surface area contributed by atoms with Crippen LogP contribution < -0.4 is 10.6 Å². The summed E-state index contributed by atoms with van der Waals surface area (Å²) in [6.07, 6.45) is 5.87. The van der Waals surface area contributed by atoms with E-state index in [1.54, 1.807) is 0 Å². The Morgan fingerprint density at radius 3 is 2.39 bits per heavy atom. The number of nitrogens with zero attached hydrogens (tertiary/aromatic N) is 2. The van der Waals surface area contributed by atoms with Gasteiger partial charge >= 0.3 is 0 Å². The molecule has 18 heavy (non-hydrogen) atoms. The minimum atomic E-state index is 0.281. The van der Waals surface area contributed by atoms with Crippen LogP contribution >= 0.6 is 0 Å². The van der Waals surface area contributed by atoms with E-state index < -0.39 is 0 Å². The molecule has 1 heterocycles. The van der Waals surface area contributed by atoms with Crippen molar-refractivity contribution in [1.29, 1.82) is 0 Å². The number of hydrogen-bond acceptors (Lipinski definition) is 4. The van der Waals surface area contributed by atoms with Crippen LogP contribution in [0.2, 0.25) is 0 Å². The highest BCUT2D eigenvalue weighted by molar-refractivity contribution is 5.49. The number of aryl methyl sites for hydroxylation is 1. The topological polar surface area (TPSA) is 49.8 Å². The van der Waals surface area contributed by atoms with Gasteiger partial charge in [0.25, 0.3) is 0 Å². The van der Waals surface area contributed by atoms with Crippen LogP contribution in [0.1, 0.15) is 52.3 Å². The predicted molar refractivity (Wildman–Crippen MR) is 76.1 cm³/mol. The van der Waals surface area contributed by atoms with Crippen LogP contribution in [0.5, 0.6) is 0 Å². The van der Waals surface area contributed by atoms with Gasteiger partial charge in [-0.15, -0.1) is 0 Å². The average Bonchev–Trinajstić information content (AvgIpc) is 2.34. The van der Waals surface area contributed by atoms with Gasteiger partial charge in [-0.25, -0.2) is 9.97 Å². The van der Waals surface area contributed by atoms with E-state index in [1.165, 1.54) is 19.3 Å². The predicted octanol–water partition coefficient (Wildman–Crippen LogP) is 3.22. The van der Waals surface area contributed by atoms with Gasteiger partial charge in [-0.05, 0) is 32.6 Å². The summed E-state index contributed by atoms with van der Waals surface area (Å²) in [5.74, 6) is 2.80. The van der Waals surface area contributed by atoms with E-state index in [1.807, 2.05) is 6.07 Å². The van der Waals surface area contributed by atoms with E-state index >= 15 is 0 Å². The second kappa shape index (κ2) is 5.55. The molecule has 0 bridgehead atoms. The quantitative estimate of drug-likeness (QED) is 0.811. The highest BCUT2D eigenvalue weighted by Crippen LogP contribution is 2.37. The zero-order valence-electron chi connectivity index (χ0n) is 11.7. The van der Waals surface area contributed by atoms with Crippen molar-refractivity contribution in [2.45, 2.75) is 58.4 Å². The number of rotatable bonds is 6. The molecule has 1 aliphatic carbocycles. The van der Waals surface area contributed by atoms with Gasteiger partial charge < -0.3 is 10.6 Å². The Labute approximate surface area is 110 Å². The second-order valence-corrected chi connectivity index (χ2v) is 5.05. The van der Waals surface area contributed by atoms with Crippen molar-refractivity contribution in [3.63, 3.8) is 0 Å². The standard InChI is InChI=1S/C14H24N4/c1-4-11-16-12(15-6-3)10-13(17-11)18-14(5-2)8-7-9-14/h10H,4-9H2,1-3H3,(H2,15,16,17,18). The molecule has 1 aromatic rings. The van der Waals surface area contributed by atoms with Gasteiger partial charge in [0.2, 0.25) is 0 Å². The first-order valence-electron chi connectivity index (χ1n) is 7.11. The second-order valence-electron chi connectivity index (χ2n) is 5.05. The fraction of sp³-hybridized carbons (Fsp3) is 0.714. The van der Waals surface area contributed by atoms with Gasteiger partial charge in [-0.2, -0.15) is 0 Å². The zero-order chi connectivity index (χ0) is 13.0. The Morgan fingerprint density at radius 1 is 1.17 bits per heavy atom. The maximum absolute atomic E-state index is 4.59. The Bertz CT molecular complexity index is 393.